The maximum Gasteiger partial charge on any atom is 0.0721 e. The lowest BCUT2D eigenvalue weighted by Crippen LogP contribution is -2.30. The molecule has 1 aromatic rings. The summed E-state index contributed by atoms with van der Waals surface area (Å²) >= 11 is 0. The van der Waals surface area contributed by atoms with Gasteiger partial charge in [0.15, 0.2) is 0 Å². The van der Waals surface area contributed by atoms with Crippen LogP contribution in [0.3, 0.4) is 0 Å². The Labute approximate surface area is 109 Å². The molecule has 2 rings (SSSR count). The number of ether oxygens (including phenoxy) is 2. The van der Waals surface area contributed by atoms with Gasteiger partial charge in [0.2, 0.25) is 0 Å². The van der Waals surface area contributed by atoms with E-state index in [0.717, 1.165) is 32.8 Å². The molecule has 0 aromatic heterocycles. The van der Waals surface area contributed by atoms with Crippen LogP contribution in [0.1, 0.15) is 36.4 Å². The zero-order valence-corrected chi connectivity index (χ0v) is 11.2. The van der Waals surface area contributed by atoms with Gasteiger partial charge in [-0.25, -0.2) is 0 Å². The Morgan fingerprint density at radius 1 is 1.28 bits per heavy atom. The molecule has 3 heteroatoms. The standard InChI is InChI=1S/C15H23NO2/c1-17-10-6-2-5-9-16-15-12-18-11-13-7-3-4-8-14(13)15/h3-4,7-8,15-16H,2,5-6,9-12H2,1H3. The SMILES string of the molecule is COCCCCCNC1COCc2ccccc21. The number of unbranched alkanes of at least 4 members (excludes halogenated alkanes) is 2. The van der Waals surface area contributed by atoms with Crippen molar-refractivity contribution in [3.63, 3.8) is 0 Å². The minimum absolute atomic E-state index is 0.359. The molecule has 0 amide bonds. The van der Waals surface area contributed by atoms with E-state index in [2.05, 4.69) is 29.6 Å². The van der Waals surface area contributed by atoms with Gasteiger partial charge in [-0.15, -0.1) is 0 Å². The average Bonchev–Trinajstić information content (AvgIpc) is 2.43. The van der Waals surface area contributed by atoms with Crippen molar-refractivity contribution in [3.05, 3.63) is 35.4 Å². The van der Waals surface area contributed by atoms with Gasteiger partial charge in [-0.1, -0.05) is 24.3 Å². The van der Waals surface area contributed by atoms with Crippen LogP contribution < -0.4 is 5.32 Å². The topological polar surface area (TPSA) is 30.5 Å². The Balaban J connectivity index is 1.74. The van der Waals surface area contributed by atoms with E-state index < -0.39 is 0 Å². The van der Waals surface area contributed by atoms with Crippen LogP contribution in [0.25, 0.3) is 0 Å². The van der Waals surface area contributed by atoms with Crippen molar-refractivity contribution in [1.29, 1.82) is 0 Å². The number of hydrogen-bond acceptors (Lipinski definition) is 3. The van der Waals surface area contributed by atoms with E-state index in [1.54, 1.807) is 7.11 Å². The molecule has 1 heterocycles. The minimum atomic E-state index is 0.359. The Hall–Kier alpha value is -0.900. The Bertz CT molecular complexity index is 354. The largest absolute Gasteiger partial charge is 0.385 e. The van der Waals surface area contributed by atoms with Gasteiger partial charge >= 0.3 is 0 Å². The summed E-state index contributed by atoms with van der Waals surface area (Å²) < 4.78 is 10.7. The van der Waals surface area contributed by atoms with Crippen LogP contribution in [0.5, 0.6) is 0 Å². The van der Waals surface area contributed by atoms with E-state index in [-0.39, 0.29) is 0 Å². The molecule has 1 N–H and O–H groups in total. The van der Waals surface area contributed by atoms with E-state index in [1.165, 1.54) is 24.0 Å². The molecular formula is C15H23NO2. The molecule has 0 saturated heterocycles. The summed E-state index contributed by atoms with van der Waals surface area (Å²) in [5.41, 5.74) is 2.72. The summed E-state index contributed by atoms with van der Waals surface area (Å²) in [5, 5.41) is 3.59. The van der Waals surface area contributed by atoms with Crippen molar-refractivity contribution >= 4 is 0 Å². The minimum Gasteiger partial charge on any atom is -0.385 e. The molecule has 1 unspecified atom stereocenters. The molecular weight excluding hydrogens is 226 g/mol. The molecule has 0 aliphatic carbocycles. The first kappa shape index (κ1) is 13.5. The molecule has 0 radical (unpaired) electrons. The predicted molar refractivity (Wildman–Crippen MR) is 72.6 cm³/mol. The maximum absolute atomic E-state index is 5.62. The number of hydrogen-bond donors (Lipinski definition) is 1. The molecule has 0 saturated carbocycles. The van der Waals surface area contributed by atoms with Crippen LogP contribution in [-0.2, 0) is 16.1 Å². The smallest absolute Gasteiger partial charge is 0.0721 e. The van der Waals surface area contributed by atoms with E-state index in [9.17, 15) is 0 Å². The molecule has 0 spiro atoms. The van der Waals surface area contributed by atoms with E-state index in [1.807, 2.05) is 0 Å². The van der Waals surface area contributed by atoms with Gasteiger partial charge in [-0.05, 0) is 36.9 Å². The first-order valence-corrected chi connectivity index (χ1v) is 6.79. The van der Waals surface area contributed by atoms with E-state index >= 15 is 0 Å². The number of nitrogens with one attached hydrogen (secondary N) is 1. The second kappa shape index (κ2) is 7.52. The Morgan fingerprint density at radius 3 is 3.06 bits per heavy atom. The molecule has 1 aromatic carbocycles. The van der Waals surface area contributed by atoms with Gasteiger partial charge < -0.3 is 14.8 Å². The first-order valence-electron chi connectivity index (χ1n) is 6.79. The van der Waals surface area contributed by atoms with Crippen molar-refractivity contribution in [1.82, 2.24) is 5.32 Å². The van der Waals surface area contributed by atoms with Gasteiger partial charge in [0.05, 0.1) is 19.3 Å². The molecule has 0 fully saturated rings. The predicted octanol–water partition coefficient (Wildman–Crippen LogP) is 2.66. The zero-order chi connectivity index (χ0) is 12.6. The van der Waals surface area contributed by atoms with Crippen molar-refractivity contribution in [2.24, 2.45) is 0 Å². The van der Waals surface area contributed by atoms with Crippen molar-refractivity contribution < 1.29 is 9.47 Å². The summed E-state index contributed by atoms with van der Waals surface area (Å²) in [6, 6.07) is 8.91. The summed E-state index contributed by atoms with van der Waals surface area (Å²) in [6.45, 7) is 3.46. The molecule has 18 heavy (non-hydrogen) atoms. The van der Waals surface area contributed by atoms with Gasteiger partial charge in [-0.3, -0.25) is 0 Å². The summed E-state index contributed by atoms with van der Waals surface area (Å²) in [7, 11) is 1.76. The highest BCUT2D eigenvalue weighted by Crippen LogP contribution is 2.24. The molecule has 1 aliphatic rings. The van der Waals surface area contributed by atoms with Crippen molar-refractivity contribution in [2.45, 2.75) is 31.9 Å². The van der Waals surface area contributed by atoms with Gasteiger partial charge in [0.25, 0.3) is 0 Å². The second-order valence-corrected chi connectivity index (χ2v) is 4.77. The molecule has 1 aliphatic heterocycles. The van der Waals surface area contributed by atoms with Crippen molar-refractivity contribution in [2.75, 3.05) is 26.9 Å². The summed E-state index contributed by atoms with van der Waals surface area (Å²) in [5.74, 6) is 0. The molecule has 0 bridgehead atoms. The second-order valence-electron chi connectivity index (χ2n) is 4.77. The summed E-state index contributed by atoms with van der Waals surface area (Å²) in [6.07, 6.45) is 3.56. The van der Waals surface area contributed by atoms with E-state index in [0.29, 0.717) is 6.04 Å². The average molecular weight is 249 g/mol. The normalized spacial score (nSPS) is 18.6. The van der Waals surface area contributed by atoms with Gasteiger partial charge in [0.1, 0.15) is 0 Å². The highest BCUT2D eigenvalue weighted by atomic mass is 16.5. The van der Waals surface area contributed by atoms with Crippen LogP contribution in [0.4, 0.5) is 0 Å². The van der Waals surface area contributed by atoms with Gasteiger partial charge in [-0.2, -0.15) is 0 Å². The van der Waals surface area contributed by atoms with Crippen LogP contribution >= 0.6 is 0 Å². The van der Waals surface area contributed by atoms with Gasteiger partial charge in [0, 0.05) is 13.7 Å². The lowest BCUT2D eigenvalue weighted by molar-refractivity contribution is 0.0820. The fraction of sp³-hybridized carbons (Fsp3) is 0.600. The van der Waals surface area contributed by atoms with Crippen molar-refractivity contribution in [3.8, 4) is 0 Å². The maximum atomic E-state index is 5.62. The lowest BCUT2D eigenvalue weighted by atomic mass is 9.99. The third-order valence-corrected chi connectivity index (χ3v) is 3.39. The molecule has 1 atom stereocenters. The van der Waals surface area contributed by atoms with Crippen LogP contribution in [0.15, 0.2) is 24.3 Å². The number of fused-ring (bicyclic) bond motifs is 1. The summed E-state index contributed by atoms with van der Waals surface area (Å²) in [4.78, 5) is 0. The number of methoxy groups -OCH3 is 1. The highest BCUT2D eigenvalue weighted by molar-refractivity contribution is 5.30. The number of benzene rings is 1. The highest BCUT2D eigenvalue weighted by Gasteiger charge is 2.19. The lowest BCUT2D eigenvalue weighted by Gasteiger charge is -2.26. The molecule has 3 nitrogen and oxygen atoms in total. The third kappa shape index (κ3) is 3.80. The third-order valence-electron chi connectivity index (χ3n) is 3.39. The Morgan fingerprint density at radius 2 is 2.17 bits per heavy atom. The van der Waals surface area contributed by atoms with Crippen LogP contribution in [-0.4, -0.2) is 26.9 Å². The fourth-order valence-corrected chi connectivity index (χ4v) is 2.38. The quantitative estimate of drug-likeness (QED) is 0.754. The zero-order valence-electron chi connectivity index (χ0n) is 11.2. The first-order chi connectivity index (χ1) is 8.92. The van der Waals surface area contributed by atoms with E-state index in [4.69, 9.17) is 9.47 Å². The van der Waals surface area contributed by atoms with Crippen LogP contribution in [0, 0.1) is 0 Å². The number of rotatable bonds is 7. The molecule has 100 valence electrons. The Kier molecular flexibility index (Phi) is 5.65. The monoisotopic (exact) mass is 249 g/mol. The fourth-order valence-electron chi connectivity index (χ4n) is 2.38. The van der Waals surface area contributed by atoms with Crippen LogP contribution in [0.2, 0.25) is 0 Å².